The summed E-state index contributed by atoms with van der Waals surface area (Å²) in [7, 11) is 3.42. The zero-order valence-corrected chi connectivity index (χ0v) is 11.1. The molecule has 0 aliphatic heterocycles. The first kappa shape index (κ1) is 14.4. The van der Waals surface area contributed by atoms with Crippen LogP contribution in [-0.4, -0.2) is 33.1 Å². The monoisotopic (exact) mass is 253 g/mol. The summed E-state index contributed by atoms with van der Waals surface area (Å²) >= 11 is 0. The van der Waals surface area contributed by atoms with Gasteiger partial charge >= 0.3 is 0 Å². The number of hydrogen-bond acceptors (Lipinski definition) is 3. The number of anilines is 1. The second-order valence-corrected chi connectivity index (χ2v) is 3.99. The van der Waals surface area contributed by atoms with Gasteiger partial charge in [-0.1, -0.05) is 0 Å². The topological polar surface area (TPSA) is 44.4 Å². The molecule has 4 nitrogen and oxygen atoms in total. The molecule has 0 fully saturated rings. The van der Waals surface area contributed by atoms with Crippen molar-refractivity contribution in [3.05, 3.63) is 29.6 Å². The van der Waals surface area contributed by atoms with Crippen LogP contribution in [-0.2, 0) is 11.3 Å². The van der Waals surface area contributed by atoms with Crippen molar-refractivity contribution in [2.75, 3.05) is 32.1 Å². The molecule has 1 aromatic carbocycles. The van der Waals surface area contributed by atoms with Crippen molar-refractivity contribution < 1.29 is 9.18 Å². The van der Waals surface area contributed by atoms with E-state index in [4.69, 9.17) is 0 Å². The number of nitrogens with zero attached hydrogens (tertiary/aromatic N) is 1. The van der Waals surface area contributed by atoms with Gasteiger partial charge in [0.1, 0.15) is 5.82 Å². The fraction of sp³-hybridized carbons (Fsp3) is 0.462. The molecule has 0 atom stereocenters. The van der Waals surface area contributed by atoms with E-state index in [1.54, 1.807) is 13.1 Å². The summed E-state index contributed by atoms with van der Waals surface area (Å²) < 4.78 is 13.2. The van der Waals surface area contributed by atoms with E-state index in [1.807, 2.05) is 18.9 Å². The third-order valence-electron chi connectivity index (χ3n) is 2.74. The molecule has 1 rings (SSSR count). The van der Waals surface area contributed by atoms with Gasteiger partial charge in [0, 0.05) is 25.8 Å². The third kappa shape index (κ3) is 3.70. The first-order valence-corrected chi connectivity index (χ1v) is 6.00. The van der Waals surface area contributed by atoms with E-state index in [9.17, 15) is 9.18 Å². The summed E-state index contributed by atoms with van der Waals surface area (Å²) in [5.41, 5.74) is 1.74. The Balaban J connectivity index is 3.00. The van der Waals surface area contributed by atoms with Crippen molar-refractivity contribution in [2.24, 2.45) is 0 Å². The van der Waals surface area contributed by atoms with Crippen LogP contribution in [0, 0.1) is 5.82 Å². The summed E-state index contributed by atoms with van der Waals surface area (Å²) in [6.07, 6.45) is 0. The standard InChI is InChI=1S/C13H20FN3O/c1-4-17(9-13(18)16-3)12-6-5-11(14)7-10(12)8-15-2/h5-7,15H,4,8-9H2,1-3H3,(H,16,18). The van der Waals surface area contributed by atoms with Crippen LogP contribution in [0.25, 0.3) is 0 Å². The molecular weight excluding hydrogens is 233 g/mol. The number of benzene rings is 1. The van der Waals surface area contributed by atoms with Gasteiger partial charge in [0.25, 0.3) is 0 Å². The van der Waals surface area contributed by atoms with Crippen molar-refractivity contribution in [1.29, 1.82) is 0 Å². The normalized spacial score (nSPS) is 10.2. The number of halogens is 1. The van der Waals surface area contributed by atoms with Gasteiger partial charge in [-0.3, -0.25) is 4.79 Å². The quantitative estimate of drug-likeness (QED) is 0.798. The van der Waals surface area contributed by atoms with Crippen LogP contribution in [0.5, 0.6) is 0 Å². The molecule has 1 amide bonds. The molecule has 0 saturated carbocycles. The largest absolute Gasteiger partial charge is 0.362 e. The maximum atomic E-state index is 13.2. The molecule has 5 heteroatoms. The zero-order chi connectivity index (χ0) is 13.5. The Morgan fingerprint density at radius 2 is 2.11 bits per heavy atom. The van der Waals surface area contributed by atoms with E-state index < -0.39 is 0 Å². The minimum Gasteiger partial charge on any atom is -0.362 e. The summed E-state index contributed by atoms with van der Waals surface area (Å²) in [5, 5.41) is 5.60. The number of carbonyl (C=O) groups excluding carboxylic acids is 1. The molecule has 1 aromatic rings. The van der Waals surface area contributed by atoms with Gasteiger partial charge in [-0.15, -0.1) is 0 Å². The first-order valence-electron chi connectivity index (χ1n) is 6.00. The first-order chi connectivity index (χ1) is 8.62. The molecule has 0 unspecified atom stereocenters. The highest BCUT2D eigenvalue weighted by Crippen LogP contribution is 2.21. The zero-order valence-electron chi connectivity index (χ0n) is 11.1. The molecule has 2 N–H and O–H groups in total. The lowest BCUT2D eigenvalue weighted by Gasteiger charge is -2.25. The average Bonchev–Trinajstić information content (AvgIpc) is 2.37. The van der Waals surface area contributed by atoms with E-state index in [0.717, 1.165) is 11.3 Å². The minimum absolute atomic E-state index is 0.0587. The van der Waals surface area contributed by atoms with Crippen molar-refractivity contribution in [1.82, 2.24) is 10.6 Å². The Labute approximate surface area is 107 Å². The Morgan fingerprint density at radius 1 is 1.39 bits per heavy atom. The molecule has 0 aliphatic carbocycles. The van der Waals surface area contributed by atoms with Crippen LogP contribution in [0.4, 0.5) is 10.1 Å². The fourth-order valence-corrected chi connectivity index (χ4v) is 1.81. The smallest absolute Gasteiger partial charge is 0.239 e. The molecule has 0 bridgehead atoms. The lowest BCUT2D eigenvalue weighted by atomic mass is 10.1. The SMILES string of the molecule is CCN(CC(=O)NC)c1ccc(F)cc1CNC. The highest BCUT2D eigenvalue weighted by atomic mass is 19.1. The molecule has 0 aromatic heterocycles. The molecule has 0 saturated heterocycles. The summed E-state index contributed by atoms with van der Waals surface area (Å²) in [5.74, 6) is -0.323. The number of nitrogens with one attached hydrogen (secondary N) is 2. The van der Waals surface area contributed by atoms with Gasteiger partial charge in [0.15, 0.2) is 0 Å². The van der Waals surface area contributed by atoms with E-state index >= 15 is 0 Å². The van der Waals surface area contributed by atoms with E-state index in [2.05, 4.69) is 10.6 Å². The average molecular weight is 253 g/mol. The van der Waals surface area contributed by atoms with Crippen LogP contribution >= 0.6 is 0 Å². The van der Waals surface area contributed by atoms with Crippen LogP contribution in [0.15, 0.2) is 18.2 Å². The summed E-state index contributed by atoms with van der Waals surface area (Å²) in [6, 6.07) is 4.63. The van der Waals surface area contributed by atoms with Gasteiger partial charge in [-0.05, 0) is 37.7 Å². The predicted molar refractivity (Wildman–Crippen MR) is 71.1 cm³/mol. The maximum Gasteiger partial charge on any atom is 0.239 e. The Hall–Kier alpha value is -1.62. The van der Waals surface area contributed by atoms with E-state index in [1.165, 1.54) is 12.1 Å². The number of hydrogen-bond donors (Lipinski definition) is 2. The van der Waals surface area contributed by atoms with Gasteiger partial charge in [0.05, 0.1) is 6.54 Å². The molecule has 0 radical (unpaired) electrons. The second-order valence-electron chi connectivity index (χ2n) is 3.99. The Kier molecular flexibility index (Phi) is 5.58. The van der Waals surface area contributed by atoms with Crippen LogP contribution in [0.2, 0.25) is 0 Å². The molecular formula is C13H20FN3O. The van der Waals surface area contributed by atoms with Crippen LogP contribution in [0.3, 0.4) is 0 Å². The third-order valence-corrected chi connectivity index (χ3v) is 2.74. The Morgan fingerprint density at radius 3 is 2.67 bits per heavy atom. The second kappa shape index (κ2) is 6.96. The maximum absolute atomic E-state index is 13.2. The van der Waals surface area contributed by atoms with Crippen LogP contribution in [0.1, 0.15) is 12.5 Å². The van der Waals surface area contributed by atoms with E-state index in [-0.39, 0.29) is 18.3 Å². The van der Waals surface area contributed by atoms with Crippen molar-refractivity contribution >= 4 is 11.6 Å². The number of rotatable bonds is 6. The lowest BCUT2D eigenvalue weighted by molar-refractivity contribution is -0.119. The fourth-order valence-electron chi connectivity index (χ4n) is 1.81. The van der Waals surface area contributed by atoms with Crippen molar-refractivity contribution in [3.63, 3.8) is 0 Å². The number of carbonyl (C=O) groups is 1. The number of likely N-dealkylation sites (N-methyl/N-ethyl adjacent to an activating group) is 2. The van der Waals surface area contributed by atoms with Gasteiger partial charge in [0.2, 0.25) is 5.91 Å². The molecule has 18 heavy (non-hydrogen) atoms. The molecule has 100 valence electrons. The molecule has 0 heterocycles. The highest BCUT2D eigenvalue weighted by Gasteiger charge is 2.13. The van der Waals surface area contributed by atoms with Gasteiger partial charge in [-0.2, -0.15) is 0 Å². The van der Waals surface area contributed by atoms with Crippen molar-refractivity contribution in [3.8, 4) is 0 Å². The van der Waals surface area contributed by atoms with Gasteiger partial charge < -0.3 is 15.5 Å². The summed E-state index contributed by atoms with van der Waals surface area (Å²) in [4.78, 5) is 13.4. The molecule has 0 aliphatic rings. The lowest BCUT2D eigenvalue weighted by Crippen LogP contribution is -2.36. The van der Waals surface area contributed by atoms with Gasteiger partial charge in [-0.25, -0.2) is 4.39 Å². The summed E-state index contributed by atoms with van der Waals surface area (Å²) in [6.45, 7) is 3.50. The molecule has 0 spiro atoms. The van der Waals surface area contributed by atoms with Crippen molar-refractivity contribution in [2.45, 2.75) is 13.5 Å². The van der Waals surface area contributed by atoms with Crippen LogP contribution < -0.4 is 15.5 Å². The highest BCUT2D eigenvalue weighted by molar-refractivity contribution is 5.81. The Bertz CT molecular complexity index is 409. The predicted octanol–water partition coefficient (Wildman–Crippen LogP) is 1.12. The number of amides is 1. The van der Waals surface area contributed by atoms with E-state index in [0.29, 0.717) is 13.1 Å². The minimum atomic E-state index is -0.264.